The number of aromatic nitrogens is 1. The molecule has 12 heteroatoms. The second kappa shape index (κ2) is 12.8. The summed E-state index contributed by atoms with van der Waals surface area (Å²) < 4.78 is 55.4. The second-order valence-electron chi connectivity index (χ2n) is 10.1. The van der Waals surface area contributed by atoms with Gasteiger partial charge in [0.2, 0.25) is 0 Å². The molecule has 0 fully saturated rings. The van der Waals surface area contributed by atoms with Crippen molar-refractivity contribution < 1.29 is 31.9 Å². The van der Waals surface area contributed by atoms with Crippen LogP contribution in [0.2, 0.25) is 5.02 Å². The van der Waals surface area contributed by atoms with Gasteiger partial charge in [-0.25, -0.2) is 22.0 Å². The summed E-state index contributed by atoms with van der Waals surface area (Å²) in [5, 5.41) is 22.1. The summed E-state index contributed by atoms with van der Waals surface area (Å²) in [5.74, 6) is -6.17. The number of hydrogen-bond acceptors (Lipinski definition) is 6. The molecule has 1 atom stereocenters. The maximum atomic E-state index is 15.0. The fourth-order valence-electron chi connectivity index (χ4n) is 4.94. The van der Waals surface area contributed by atoms with Crippen LogP contribution in [0.25, 0.3) is 22.0 Å². The summed E-state index contributed by atoms with van der Waals surface area (Å²) in [4.78, 5) is 29.6. The molecule has 0 saturated carbocycles. The number of halogens is 3. The molecular weight excluding hydrogens is 624 g/mol. The van der Waals surface area contributed by atoms with Gasteiger partial charge in [-0.1, -0.05) is 54.1 Å². The summed E-state index contributed by atoms with van der Waals surface area (Å²) in [6.45, 7) is 0. The van der Waals surface area contributed by atoms with Crippen molar-refractivity contribution in [3.05, 3.63) is 130 Å². The summed E-state index contributed by atoms with van der Waals surface area (Å²) in [6.07, 6.45) is 1.28. The van der Waals surface area contributed by atoms with Crippen LogP contribution in [0.4, 0.5) is 8.78 Å². The number of amides is 1. The Labute approximate surface area is 261 Å². The smallest absolute Gasteiger partial charge is 0.326 e. The van der Waals surface area contributed by atoms with Gasteiger partial charge in [0.15, 0.2) is 9.84 Å². The number of carbonyl (C=O) groups is 2. The van der Waals surface area contributed by atoms with Crippen LogP contribution in [0.1, 0.15) is 27.0 Å². The van der Waals surface area contributed by atoms with Gasteiger partial charge in [-0.05, 0) is 53.6 Å². The average molecular weight is 646 g/mol. The van der Waals surface area contributed by atoms with Gasteiger partial charge in [-0.3, -0.25) is 9.78 Å². The van der Waals surface area contributed by atoms with Crippen molar-refractivity contribution in [3.63, 3.8) is 0 Å². The largest absolute Gasteiger partial charge is 0.480 e. The summed E-state index contributed by atoms with van der Waals surface area (Å²) in [5.41, 5.74) is 1.29. The maximum absolute atomic E-state index is 15.0. The van der Waals surface area contributed by atoms with E-state index in [0.29, 0.717) is 38.2 Å². The summed E-state index contributed by atoms with van der Waals surface area (Å²) in [7, 11) is -3.93. The third-order valence-electron chi connectivity index (χ3n) is 7.06. The SMILES string of the molecule is N#Cc1ccc(-c2ccc(CC(NC(=O)c3c(F)cc(CS(=O)(=O)c4ccccc4)cc3F)C(=O)O)c3cccnc23)c(Cl)c1. The molecule has 5 rings (SSSR count). The standard InChI is InChI=1S/C33H22ClF2N3O5S/c34-26-13-19(17-37)8-10-24(26)25-11-9-21(23-7-4-12-38-31(23)25)16-29(33(41)42)39-32(40)30-27(35)14-20(15-28(30)36)18-45(43,44)22-5-2-1-3-6-22/h1-15,29H,16,18H2,(H,39,40)(H,41,42). The number of sulfone groups is 1. The van der Waals surface area contributed by atoms with Crippen molar-refractivity contribution in [2.24, 2.45) is 0 Å². The topological polar surface area (TPSA) is 137 Å². The zero-order chi connectivity index (χ0) is 32.3. The minimum atomic E-state index is -3.93. The first-order valence-corrected chi connectivity index (χ1v) is 15.4. The Bertz CT molecular complexity index is 2100. The maximum Gasteiger partial charge on any atom is 0.326 e. The number of nitriles is 1. The Hall–Kier alpha value is -5.18. The van der Waals surface area contributed by atoms with E-state index < -0.39 is 50.7 Å². The van der Waals surface area contributed by atoms with Crippen LogP contribution in [0.3, 0.4) is 0 Å². The Balaban J connectivity index is 1.41. The monoisotopic (exact) mass is 645 g/mol. The zero-order valence-corrected chi connectivity index (χ0v) is 24.7. The number of fused-ring (bicyclic) bond motifs is 1. The minimum Gasteiger partial charge on any atom is -0.480 e. The van der Waals surface area contributed by atoms with Crippen molar-refractivity contribution in [1.82, 2.24) is 10.3 Å². The molecule has 226 valence electrons. The van der Waals surface area contributed by atoms with Crippen molar-refractivity contribution in [3.8, 4) is 17.2 Å². The van der Waals surface area contributed by atoms with Crippen LogP contribution in [0.15, 0.2) is 96.0 Å². The van der Waals surface area contributed by atoms with Crippen LogP contribution in [-0.4, -0.2) is 36.4 Å². The molecule has 0 aliphatic heterocycles. The van der Waals surface area contributed by atoms with E-state index in [1.807, 2.05) is 6.07 Å². The fourth-order valence-corrected chi connectivity index (χ4v) is 6.56. The molecule has 0 saturated heterocycles. The number of carbonyl (C=O) groups excluding carboxylic acids is 1. The Morgan fingerprint density at radius 2 is 1.64 bits per heavy atom. The number of nitrogens with zero attached hydrogens (tertiary/aromatic N) is 2. The molecule has 4 aromatic carbocycles. The van der Waals surface area contributed by atoms with Crippen molar-refractivity contribution in [2.45, 2.75) is 23.1 Å². The van der Waals surface area contributed by atoms with Gasteiger partial charge in [0.25, 0.3) is 5.91 Å². The van der Waals surface area contributed by atoms with E-state index in [1.54, 1.807) is 48.7 Å². The Morgan fingerprint density at radius 3 is 2.29 bits per heavy atom. The summed E-state index contributed by atoms with van der Waals surface area (Å²) in [6, 6.07) is 20.7. The Morgan fingerprint density at radius 1 is 0.956 bits per heavy atom. The van der Waals surface area contributed by atoms with Crippen molar-refractivity contribution >= 4 is 44.2 Å². The lowest BCUT2D eigenvalue weighted by molar-refractivity contribution is -0.139. The van der Waals surface area contributed by atoms with Crippen LogP contribution in [0, 0.1) is 23.0 Å². The van der Waals surface area contributed by atoms with E-state index in [-0.39, 0.29) is 16.9 Å². The molecule has 2 N–H and O–H groups in total. The molecule has 5 aromatic rings. The van der Waals surface area contributed by atoms with Gasteiger partial charge in [0, 0.05) is 34.2 Å². The van der Waals surface area contributed by atoms with Gasteiger partial charge in [-0.15, -0.1) is 0 Å². The highest BCUT2D eigenvalue weighted by Crippen LogP contribution is 2.35. The van der Waals surface area contributed by atoms with Gasteiger partial charge in [0.05, 0.1) is 27.8 Å². The predicted octanol–water partition coefficient (Wildman–Crippen LogP) is 6.10. The number of rotatable bonds is 9. The molecule has 0 aliphatic carbocycles. The molecule has 8 nitrogen and oxygen atoms in total. The Kier molecular flexibility index (Phi) is 8.90. The van der Waals surface area contributed by atoms with E-state index in [4.69, 9.17) is 16.9 Å². The third-order valence-corrected chi connectivity index (χ3v) is 9.08. The quantitative estimate of drug-likeness (QED) is 0.197. The molecule has 1 heterocycles. The minimum absolute atomic E-state index is 0.0345. The molecule has 0 bridgehead atoms. The fraction of sp³-hybridized carbons (Fsp3) is 0.0909. The van der Waals surface area contributed by atoms with E-state index in [1.165, 1.54) is 30.3 Å². The van der Waals surface area contributed by atoms with Crippen molar-refractivity contribution in [1.29, 1.82) is 5.26 Å². The molecular formula is C33H22ClF2N3O5S. The van der Waals surface area contributed by atoms with Gasteiger partial charge in [0.1, 0.15) is 23.2 Å². The molecule has 1 unspecified atom stereocenters. The lowest BCUT2D eigenvalue weighted by atomic mass is 9.94. The van der Waals surface area contributed by atoms with Crippen LogP contribution in [-0.2, 0) is 26.8 Å². The number of carboxylic acids is 1. The molecule has 1 amide bonds. The number of aliphatic carboxylic acids is 1. The van der Waals surface area contributed by atoms with Crippen molar-refractivity contribution in [2.75, 3.05) is 0 Å². The van der Waals surface area contributed by atoms with Gasteiger partial charge >= 0.3 is 5.97 Å². The first-order valence-electron chi connectivity index (χ1n) is 13.3. The van der Waals surface area contributed by atoms with E-state index in [0.717, 1.165) is 12.1 Å². The first kappa shape index (κ1) is 31.3. The number of nitrogens with one attached hydrogen (secondary N) is 1. The predicted molar refractivity (Wildman–Crippen MR) is 163 cm³/mol. The molecule has 0 spiro atoms. The lowest BCUT2D eigenvalue weighted by Crippen LogP contribution is -2.43. The number of carboxylic acid groups (broad SMARTS) is 1. The van der Waals surface area contributed by atoms with Gasteiger partial charge < -0.3 is 10.4 Å². The van der Waals surface area contributed by atoms with Crippen LogP contribution in [0.5, 0.6) is 0 Å². The number of hydrogen-bond donors (Lipinski definition) is 2. The van der Waals surface area contributed by atoms with Crippen LogP contribution < -0.4 is 5.32 Å². The number of pyridine rings is 1. The highest BCUT2D eigenvalue weighted by molar-refractivity contribution is 7.90. The second-order valence-corrected chi connectivity index (χ2v) is 12.5. The van der Waals surface area contributed by atoms with Crippen LogP contribution >= 0.6 is 11.6 Å². The average Bonchev–Trinajstić information content (AvgIpc) is 3.00. The highest BCUT2D eigenvalue weighted by Gasteiger charge is 2.27. The van der Waals surface area contributed by atoms with E-state index >= 15 is 8.78 Å². The molecule has 0 aliphatic rings. The van der Waals surface area contributed by atoms with Gasteiger partial charge in [-0.2, -0.15) is 5.26 Å². The zero-order valence-electron chi connectivity index (χ0n) is 23.2. The molecule has 1 aromatic heterocycles. The first-order chi connectivity index (χ1) is 21.5. The third kappa shape index (κ3) is 6.67. The summed E-state index contributed by atoms with van der Waals surface area (Å²) >= 11 is 6.42. The van der Waals surface area contributed by atoms with E-state index in [9.17, 15) is 23.1 Å². The lowest BCUT2D eigenvalue weighted by Gasteiger charge is -2.18. The number of benzene rings is 4. The normalized spacial score (nSPS) is 12.0. The molecule has 45 heavy (non-hydrogen) atoms. The highest BCUT2D eigenvalue weighted by atomic mass is 35.5. The van der Waals surface area contributed by atoms with E-state index in [2.05, 4.69) is 10.3 Å². The molecule has 0 radical (unpaired) electrons.